The lowest BCUT2D eigenvalue weighted by molar-refractivity contribution is 0.0617. The van der Waals surface area contributed by atoms with Crippen LogP contribution in [0.1, 0.15) is 46.0 Å². The summed E-state index contributed by atoms with van der Waals surface area (Å²) in [6.07, 6.45) is 6.36. The molecule has 0 aromatic rings. The Labute approximate surface area is 106 Å². The van der Waals surface area contributed by atoms with Crippen LogP contribution in [0, 0.1) is 11.3 Å². The van der Waals surface area contributed by atoms with Crippen molar-refractivity contribution in [1.82, 2.24) is 5.32 Å². The summed E-state index contributed by atoms with van der Waals surface area (Å²) >= 11 is 0. The van der Waals surface area contributed by atoms with E-state index in [-0.39, 0.29) is 6.10 Å². The van der Waals surface area contributed by atoms with E-state index in [1.165, 1.54) is 32.1 Å². The summed E-state index contributed by atoms with van der Waals surface area (Å²) in [5.74, 6) is 0.763. The first-order valence-corrected chi connectivity index (χ1v) is 6.96. The Hall–Kier alpha value is -0.120. The summed E-state index contributed by atoms with van der Waals surface area (Å²) < 4.78 is 4.93. The Morgan fingerprint density at radius 1 is 1.29 bits per heavy atom. The molecule has 3 heteroatoms. The van der Waals surface area contributed by atoms with Crippen LogP contribution in [0.25, 0.3) is 0 Å². The minimum Gasteiger partial charge on any atom is -0.389 e. The molecule has 1 aliphatic rings. The van der Waals surface area contributed by atoms with Crippen molar-refractivity contribution in [2.75, 3.05) is 26.8 Å². The fraction of sp³-hybridized carbons (Fsp3) is 1.00. The standard InChI is InChI=1S/C14H29NO2/c1-12(2)8-14(6-4-5-7-14)11-15-9-13(16)10-17-3/h12-13,15-16H,4-11H2,1-3H3. The Balaban J connectivity index is 2.30. The highest BCUT2D eigenvalue weighted by Gasteiger charge is 2.33. The predicted molar refractivity (Wildman–Crippen MR) is 71.1 cm³/mol. The van der Waals surface area contributed by atoms with E-state index in [1.54, 1.807) is 7.11 Å². The van der Waals surface area contributed by atoms with Crippen LogP contribution in [-0.2, 0) is 4.74 Å². The van der Waals surface area contributed by atoms with Crippen molar-refractivity contribution in [3.8, 4) is 0 Å². The van der Waals surface area contributed by atoms with Gasteiger partial charge in [0.1, 0.15) is 0 Å². The topological polar surface area (TPSA) is 41.5 Å². The number of rotatable bonds is 8. The van der Waals surface area contributed by atoms with E-state index in [0.717, 1.165) is 12.5 Å². The van der Waals surface area contributed by atoms with Crippen LogP contribution in [0.5, 0.6) is 0 Å². The molecule has 17 heavy (non-hydrogen) atoms. The van der Waals surface area contributed by atoms with Crippen molar-refractivity contribution in [1.29, 1.82) is 0 Å². The maximum atomic E-state index is 9.60. The molecule has 0 aliphatic heterocycles. The second kappa shape index (κ2) is 7.34. The lowest BCUT2D eigenvalue weighted by Gasteiger charge is -2.31. The largest absolute Gasteiger partial charge is 0.389 e. The van der Waals surface area contributed by atoms with Crippen LogP contribution in [0.2, 0.25) is 0 Å². The predicted octanol–water partition coefficient (Wildman–Crippen LogP) is 2.19. The molecule has 0 amide bonds. The third-order valence-corrected chi connectivity index (χ3v) is 3.74. The van der Waals surface area contributed by atoms with Crippen molar-refractivity contribution in [2.45, 2.75) is 52.1 Å². The number of ether oxygens (including phenoxy) is 1. The van der Waals surface area contributed by atoms with Crippen molar-refractivity contribution < 1.29 is 9.84 Å². The molecule has 0 spiro atoms. The zero-order chi connectivity index (χ0) is 12.7. The Morgan fingerprint density at radius 3 is 2.47 bits per heavy atom. The van der Waals surface area contributed by atoms with Crippen molar-refractivity contribution in [3.63, 3.8) is 0 Å². The van der Waals surface area contributed by atoms with E-state index in [0.29, 0.717) is 18.6 Å². The van der Waals surface area contributed by atoms with E-state index in [2.05, 4.69) is 19.2 Å². The van der Waals surface area contributed by atoms with Crippen LogP contribution >= 0.6 is 0 Å². The lowest BCUT2D eigenvalue weighted by Crippen LogP contribution is -2.38. The van der Waals surface area contributed by atoms with Gasteiger partial charge in [-0.05, 0) is 30.6 Å². The molecule has 3 nitrogen and oxygen atoms in total. The summed E-state index contributed by atoms with van der Waals surface area (Å²) in [7, 11) is 1.63. The van der Waals surface area contributed by atoms with Gasteiger partial charge in [0.15, 0.2) is 0 Å². The number of methoxy groups -OCH3 is 1. The molecule has 1 fully saturated rings. The Kier molecular flexibility index (Phi) is 6.45. The van der Waals surface area contributed by atoms with Gasteiger partial charge in [-0.2, -0.15) is 0 Å². The van der Waals surface area contributed by atoms with E-state index in [4.69, 9.17) is 4.74 Å². The van der Waals surface area contributed by atoms with E-state index in [1.807, 2.05) is 0 Å². The number of nitrogens with one attached hydrogen (secondary N) is 1. The van der Waals surface area contributed by atoms with Gasteiger partial charge in [0, 0.05) is 20.2 Å². The second-order valence-electron chi connectivity index (χ2n) is 6.05. The van der Waals surface area contributed by atoms with Gasteiger partial charge in [0.25, 0.3) is 0 Å². The highest BCUT2D eigenvalue weighted by molar-refractivity contribution is 4.87. The van der Waals surface area contributed by atoms with Gasteiger partial charge in [-0.3, -0.25) is 0 Å². The molecular formula is C14H29NO2. The number of aliphatic hydroxyl groups is 1. The van der Waals surface area contributed by atoms with Crippen LogP contribution in [0.4, 0.5) is 0 Å². The lowest BCUT2D eigenvalue weighted by atomic mass is 9.78. The first kappa shape index (κ1) is 14.9. The van der Waals surface area contributed by atoms with Gasteiger partial charge in [-0.1, -0.05) is 26.7 Å². The van der Waals surface area contributed by atoms with Crippen LogP contribution in [-0.4, -0.2) is 38.0 Å². The van der Waals surface area contributed by atoms with E-state index >= 15 is 0 Å². The first-order chi connectivity index (χ1) is 8.08. The summed E-state index contributed by atoms with van der Waals surface area (Å²) in [6, 6.07) is 0. The molecule has 0 bridgehead atoms. The molecule has 0 saturated heterocycles. The van der Waals surface area contributed by atoms with Crippen molar-refractivity contribution in [2.24, 2.45) is 11.3 Å². The normalized spacial score (nSPS) is 21.0. The molecular weight excluding hydrogens is 214 g/mol. The fourth-order valence-corrected chi connectivity index (χ4v) is 3.20. The van der Waals surface area contributed by atoms with Crippen molar-refractivity contribution >= 4 is 0 Å². The minimum absolute atomic E-state index is 0.377. The molecule has 2 N–H and O–H groups in total. The second-order valence-corrected chi connectivity index (χ2v) is 6.05. The highest BCUT2D eigenvalue weighted by Crippen LogP contribution is 2.42. The summed E-state index contributed by atoms with van der Waals surface area (Å²) in [5, 5.41) is 13.0. The van der Waals surface area contributed by atoms with Gasteiger partial charge < -0.3 is 15.2 Å². The van der Waals surface area contributed by atoms with Gasteiger partial charge in [-0.25, -0.2) is 0 Å². The third-order valence-electron chi connectivity index (χ3n) is 3.74. The fourth-order valence-electron chi connectivity index (χ4n) is 3.20. The number of hydrogen-bond donors (Lipinski definition) is 2. The maximum Gasteiger partial charge on any atom is 0.0897 e. The SMILES string of the molecule is COCC(O)CNCC1(CC(C)C)CCCC1. The molecule has 0 radical (unpaired) electrons. The third kappa shape index (κ3) is 5.36. The van der Waals surface area contributed by atoms with Crippen LogP contribution in [0.3, 0.4) is 0 Å². The maximum absolute atomic E-state index is 9.60. The zero-order valence-electron chi connectivity index (χ0n) is 11.7. The molecule has 1 saturated carbocycles. The zero-order valence-corrected chi connectivity index (χ0v) is 11.7. The Bertz CT molecular complexity index is 200. The molecule has 0 aromatic heterocycles. The summed E-state index contributed by atoms with van der Waals surface area (Å²) in [4.78, 5) is 0. The smallest absolute Gasteiger partial charge is 0.0897 e. The Morgan fingerprint density at radius 2 is 1.94 bits per heavy atom. The molecule has 1 atom stereocenters. The summed E-state index contributed by atoms with van der Waals surface area (Å²) in [5.41, 5.74) is 0.487. The van der Waals surface area contributed by atoms with Crippen molar-refractivity contribution in [3.05, 3.63) is 0 Å². The first-order valence-electron chi connectivity index (χ1n) is 6.96. The number of aliphatic hydroxyl groups excluding tert-OH is 1. The molecule has 102 valence electrons. The molecule has 0 heterocycles. The monoisotopic (exact) mass is 243 g/mol. The molecule has 0 aromatic carbocycles. The van der Waals surface area contributed by atoms with Gasteiger partial charge in [0.2, 0.25) is 0 Å². The quantitative estimate of drug-likeness (QED) is 0.686. The molecule has 1 unspecified atom stereocenters. The van der Waals surface area contributed by atoms with Crippen LogP contribution < -0.4 is 5.32 Å². The molecule has 1 rings (SSSR count). The number of hydrogen-bond acceptors (Lipinski definition) is 3. The van der Waals surface area contributed by atoms with Gasteiger partial charge >= 0.3 is 0 Å². The van der Waals surface area contributed by atoms with E-state index < -0.39 is 0 Å². The molecule has 1 aliphatic carbocycles. The van der Waals surface area contributed by atoms with Gasteiger partial charge in [0.05, 0.1) is 12.7 Å². The summed E-state index contributed by atoms with van der Waals surface area (Å²) in [6.45, 7) is 6.73. The highest BCUT2D eigenvalue weighted by atomic mass is 16.5. The van der Waals surface area contributed by atoms with Gasteiger partial charge in [-0.15, -0.1) is 0 Å². The average Bonchev–Trinajstić information content (AvgIpc) is 2.66. The van der Waals surface area contributed by atoms with Crippen LogP contribution in [0.15, 0.2) is 0 Å². The average molecular weight is 243 g/mol. The van der Waals surface area contributed by atoms with E-state index in [9.17, 15) is 5.11 Å². The minimum atomic E-state index is -0.377.